The van der Waals surface area contributed by atoms with Crippen molar-refractivity contribution >= 4 is 14.3 Å². The Balaban J connectivity index is 1.94. The second-order valence-electron chi connectivity index (χ2n) is 9.91. The minimum absolute atomic E-state index is 0.0279. The van der Waals surface area contributed by atoms with Crippen molar-refractivity contribution in [3.63, 3.8) is 0 Å². The van der Waals surface area contributed by atoms with Gasteiger partial charge >= 0.3 is 5.97 Å². The molecule has 0 N–H and O–H groups in total. The van der Waals surface area contributed by atoms with E-state index in [4.69, 9.17) is 18.6 Å². The van der Waals surface area contributed by atoms with Gasteiger partial charge < -0.3 is 18.6 Å². The summed E-state index contributed by atoms with van der Waals surface area (Å²) in [5.41, 5.74) is 1.10. The molecule has 0 unspecified atom stereocenters. The molecule has 0 saturated heterocycles. The quantitative estimate of drug-likeness (QED) is 0.435. The van der Waals surface area contributed by atoms with Crippen molar-refractivity contribution < 1.29 is 23.4 Å². The minimum Gasteiger partial charge on any atom is -0.463 e. The van der Waals surface area contributed by atoms with Gasteiger partial charge in [0.05, 0.1) is 25.7 Å². The normalized spacial score (nSPS) is 26.9. The largest absolute Gasteiger partial charge is 0.463 e. The fourth-order valence-corrected chi connectivity index (χ4v) is 5.51. The maximum atomic E-state index is 12.5. The first-order valence-corrected chi connectivity index (χ1v) is 13.8. The van der Waals surface area contributed by atoms with Gasteiger partial charge in [0, 0.05) is 6.42 Å². The van der Waals surface area contributed by atoms with Gasteiger partial charge in [0.1, 0.15) is 0 Å². The van der Waals surface area contributed by atoms with Crippen LogP contribution < -0.4 is 0 Å². The zero-order valence-electron chi connectivity index (χ0n) is 19.2. The van der Waals surface area contributed by atoms with Crippen molar-refractivity contribution in [3.8, 4) is 0 Å². The summed E-state index contributed by atoms with van der Waals surface area (Å²) in [6.07, 6.45) is 5.33. The second kappa shape index (κ2) is 8.85. The van der Waals surface area contributed by atoms with Gasteiger partial charge in [-0.15, -0.1) is 0 Å². The van der Waals surface area contributed by atoms with E-state index in [-0.39, 0.29) is 22.8 Å². The van der Waals surface area contributed by atoms with Crippen LogP contribution in [-0.2, 0) is 30.0 Å². The molecule has 0 aromatic heterocycles. The Hall–Kier alpha value is -1.63. The Kier molecular flexibility index (Phi) is 6.80. The Morgan fingerprint density at radius 2 is 1.90 bits per heavy atom. The van der Waals surface area contributed by atoms with Crippen LogP contribution in [0.15, 0.2) is 42.2 Å². The van der Waals surface area contributed by atoms with Crippen LogP contribution in [0.25, 0.3) is 0 Å². The van der Waals surface area contributed by atoms with Crippen molar-refractivity contribution in [1.82, 2.24) is 0 Å². The van der Waals surface area contributed by atoms with Crippen LogP contribution in [0.1, 0.15) is 52.0 Å². The van der Waals surface area contributed by atoms with Crippen LogP contribution in [0, 0.1) is 5.92 Å². The van der Waals surface area contributed by atoms with Crippen LogP contribution in [0.4, 0.5) is 0 Å². The number of methoxy groups -OCH3 is 1. The summed E-state index contributed by atoms with van der Waals surface area (Å²) in [6, 6.07) is 10.1. The molecule has 5 nitrogen and oxygen atoms in total. The molecule has 1 saturated carbocycles. The fourth-order valence-electron chi connectivity index (χ4n) is 4.04. The van der Waals surface area contributed by atoms with Crippen molar-refractivity contribution in [2.24, 2.45) is 5.92 Å². The Labute approximate surface area is 181 Å². The molecule has 6 heteroatoms. The molecule has 1 aromatic rings. The van der Waals surface area contributed by atoms with E-state index in [0.29, 0.717) is 6.61 Å². The number of fused-ring (bicyclic) bond motifs is 1. The second-order valence-corrected chi connectivity index (χ2v) is 14.6. The third kappa shape index (κ3) is 4.81. The summed E-state index contributed by atoms with van der Waals surface area (Å²) in [4.78, 5) is 12.5. The van der Waals surface area contributed by atoms with E-state index >= 15 is 0 Å². The van der Waals surface area contributed by atoms with E-state index in [1.54, 1.807) is 6.08 Å². The maximum absolute atomic E-state index is 12.5. The van der Waals surface area contributed by atoms with Gasteiger partial charge in [-0.1, -0.05) is 57.5 Å². The summed E-state index contributed by atoms with van der Waals surface area (Å²) in [7, 11) is -0.785. The zero-order valence-corrected chi connectivity index (χ0v) is 20.2. The monoisotopic (exact) mass is 432 g/mol. The van der Waals surface area contributed by atoms with E-state index in [1.807, 2.05) is 30.3 Å². The van der Waals surface area contributed by atoms with E-state index in [1.165, 1.54) is 7.11 Å². The van der Waals surface area contributed by atoms with Gasteiger partial charge in [-0.05, 0) is 42.6 Å². The molecule has 1 aliphatic carbocycles. The number of carbonyl (C=O) groups is 1. The van der Waals surface area contributed by atoms with Gasteiger partial charge in [0.25, 0.3) is 0 Å². The first-order chi connectivity index (χ1) is 14.1. The summed E-state index contributed by atoms with van der Waals surface area (Å²) >= 11 is 0. The third-order valence-corrected chi connectivity index (χ3v) is 11.2. The molecule has 3 atom stereocenters. The molecule has 2 aliphatic rings. The minimum atomic E-state index is -2.16. The number of hydrogen-bond acceptors (Lipinski definition) is 5. The van der Waals surface area contributed by atoms with Gasteiger partial charge in [0.15, 0.2) is 8.32 Å². The lowest BCUT2D eigenvalue weighted by atomic mass is 9.78. The summed E-state index contributed by atoms with van der Waals surface area (Å²) in [6.45, 7) is 11.6. The molecule has 0 radical (unpaired) electrons. The van der Waals surface area contributed by atoms with E-state index in [0.717, 1.165) is 31.2 Å². The average molecular weight is 433 g/mol. The molecule has 0 bridgehead atoms. The molecular formula is C24H36O5Si. The number of esters is 1. The van der Waals surface area contributed by atoms with Crippen LogP contribution in [-0.4, -0.2) is 33.3 Å². The van der Waals surface area contributed by atoms with E-state index in [9.17, 15) is 4.79 Å². The van der Waals surface area contributed by atoms with Crippen LogP contribution >= 0.6 is 0 Å². The Morgan fingerprint density at radius 1 is 1.20 bits per heavy atom. The predicted octanol–water partition coefficient (Wildman–Crippen LogP) is 5.57. The van der Waals surface area contributed by atoms with Crippen LogP contribution in [0.2, 0.25) is 18.1 Å². The Bertz CT molecular complexity index is 768. The standard InChI is InChI=1S/C24H36O5Si/c1-23(2,3)30(5,6)29-24-15-11-10-14-19(24)20(16-21(28-24)22(25)26-4)27-17-18-12-8-7-9-13-18/h7-9,12-13,16,19-20H,10-11,14-15,17H2,1-6H3/t19-,20+,24+/m1/s1. The highest BCUT2D eigenvalue weighted by molar-refractivity contribution is 6.74. The number of carbonyl (C=O) groups excluding carboxylic acids is 1. The molecule has 166 valence electrons. The van der Waals surface area contributed by atoms with Gasteiger partial charge in [-0.2, -0.15) is 0 Å². The van der Waals surface area contributed by atoms with Crippen LogP contribution in [0.3, 0.4) is 0 Å². The van der Waals surface area contributed by atoms with Crippen molar-refractivity contribution in [2.75, 3.05) is 7.11 Å². The highest BCUT2D eigenvalue weighted by Crippen LogP contribution is 2.50. The highest BCUT2D eigenvalue weighted by atomic mass is 28.4. The summed E-state index contributed by atoms with van der Waals surface area (Å²) < 4.78 is 24.6. The SMILES string of the molecule is COC(=O)C1=C[C@H](OCc2ccccc2)[C@H]2CCCC[C@@]2(O[Si](C)(C)C(C)(C)C)O1. The van der Waals surface area contributed by atoms with Crippen molar-refractivity contribution in [1.29, 1.82) is 0 Å². The lowest BCUT2D eigenvalue weighted by Gasteiger charge is -2.53. The molecule has 30 heavy (non-hydrogen) atoms. The number of rotatable bonds is 6. The molecule has 1 aromatic carbocycles. The molecular weight excluding hydrogens is 396 g/mol. The lowest BCUT2D eigenvalue weighted by molar-refractivity contribution is -0.251. The summed E-state index contributed by atoms with van der Waals surface area (Å²) in [5, 5.41) is 0.0279. The van der Waals surface area contributed by atoms with E-state index < -0.39 is 20.1 Å². The van der Waals surface area contributed by atoms with E-state index in [2.05, 4.69) is 33.9 Å². The average Bonchev–Trinajstić information content (AvgIpc) is 2.70. The van der Waals surface area contributed by atoms with Crippen LogP contribution in [0.5, 0.6) is 0 Å². The highest BCUT2D eigenvalue weighted by Gasteiger charge is 2.56. The lowest BCUT2D eigenvalue weighted by Crippen LogP contribution is -2.60. The molecule has 3 rings (SSSR count). The van der Waals surface area contributed by atoms with Gasteiger partial charge in [-0.25, -0.2) is 4.79 Å². The molecule has 0 spiro atoms. The number of ether oxygens (including phenoxy) is 3. The molecule has 1 fully saturated rings. The summed E-state index contributed by atoms with van der Waals surface area (Å²) in [5.74, 6) is -1.09. The number of benzene rings is 1. The number of hydrogen-bond donors (Lipinski definition) is 0. The predicted molar refractivity (Wildman–Crippen MR) is 119 cm³/mol. The molecule has 0 amide bonds. The maximum Gasteiger partial charge on any atom is 0.373 e. The smallest absolute Gasteiger partial charge is 0.373 e. The van der Waals surface area contributed by atoms with Gasteiger partial charge in [0.2, 0.25) is 11.5 Å². The zero-order chi connectivity index (χ0) is 22.0. The topological polar surface area (TPSA) is 54.0 Å². The first kappa shape index (κ1) is 23.0. The van der Waals surface area contributed by atoms with Crippen molar-refractivity contribution in [2.45, 2.75) is 83.1 Å². The van der Waals surface area contributed by atoms with Crippen molar-refractivity contribution in [3.05, 3.63) is 47.7 Å². The molecule has 1 aliphatic heterocycles. The Morgan fingerprint density at radius 3 is 2.53 bits per heavy atom. The van der Waals surface area contributed by atoms with Gasteiger partial charge in [-0.3, -0.25) is 0 Å². The molecule has 1 heterocycles. The third-order valence-electron chi connectivity index (χ3n) is 6.76. The first-order valence-electron chi connectivity index (χ1n) is 10.9. The fraction of sp³-hybridized carbons (Fsp3) is 0.625.